The molecule has 1 aliphatic heterocycles. The number of fused-ring (bicyclic) bond motifs is 2. The zero-order valence-corrected chi connectivity index (χ0v) is 16.4. The lowest BCUT2D eigenvalue weighted by Crippen LogP contribution is -2.60. The van der Waals surface area contributed by atoms with E-state index in [1.165, 1.54) is 51.4 Å². The number of nitrogens with zero attached hydrogens (tertiary/aromatic N) is 1. The van der Waals surface area contributed by atoms with Gasteiger partial charge < -0.3 is 9.84 Å². The quantitative estimate of drug-likeness (QED) is 0.706. The van der Waals surface area contributed by atoms with E-state index >= 15 is 0 Å². The van der Waals surface area contributed by atoms with E-state index in [9.17, 15) is 5.11 Å². The number of aliphatic hydroxyl groups is 1. The van der Waals surface area contributed by atoms with Gasteiger partial charge in [-0.25, -0.2) is 0 Å². The largest absolute Gasteiger partial charge is 0.389 e. The number of β-amino-alcohol motifs (C(OH)–C–C–N with tert-alkyl or cyclic N) is 1. The third kappa shape index (κ3) is 4.16. The van der Waals surface area contributed by atoms with Crippen molar-refractivity contribution in [2.24, 2.45) is 17.8 Å². The van der Waals surface area contributed by atoms with Crippen LogP contribution in [-0.4, -0.2) is 46.9 Å². The van der Waals surface area contributed by atoms with Crippen LogP contribution in [0.1, 0.15) is 79.1 Å². The van der Waals surface area contributed by atoms with Crippen molar-refractivity contribution < 1.29 is 9.84 Å². The topological polar surface area (TPSA) is 32.7 Å². The second-order valence-electron chi connectivity index (χ2n) is 10.0. The molecule has 0 aromatic heterocycles. The lowest BCUT2D eigenvalue weighted by atomic mass is 9.79. The van der Waals surface area contributed by atoms with Crippen LogP contribution in [0.4, 0.5) is 0 Å². The predicted octanol–water partition coefficient (Wildman–Crippen LogP) is 4.23. The molecule has 3 nitrogen and oxygen atoms in total. The summed E-state index contributed by atoms with van der Waals surface area (Å²) in [5.74, 6) is 2.91. The van der Waals surface area contributed by atoms with Gasteiger partial charge in [0.05, 0.1) is 12.7 Å². The summed E-state index contributed by atoms with van der Waals surface area (Å²) in [4.78, 5) is 2.51. The Morgan fingerprint density at radius 3 is 2.38 bits per heavy atom. The lowest BCUT2D eigenvalue weighted by Gasteiger charge is -2.53. The van der Waals surface area contributed by atoms with Crippen LogP contribution >= 0.6 is 0 Å². The minimum absolute atomic E-state index is 0.172. The first-order valence-electron chi connectivity index (χ1n) is 10.3. The number of ether oxygens (including phenoxy) is 1. The molecule has 0 aromatic rings. The van der Waals surface area contributed by atoms with Crippen molar-refractivity contribution in [3.8, 4) is 0 Å². The smallest absolute Gasteiger partial charge is 0.0900 e. The van der Waals surface area contributed by atoms with Crippen LogP contribution in [0.5, 0.6) is 0 Å². The molecule has 2 saturated carbocycles. The minimum Gasteiger partial charge on any atom is -0.389 e. The maximum Gasteiger partial charge on any atom is 0.0900 e. The average molecular weight is 338 g/mol. The molecule has 1 heterocycles. The summed E-state index contributed by atoms with van der Waals surface area (Å²) in [5.41, 5.74) is 0.345. The van der Waals surface area contributed by atoms with Gasteiger partial charge in [-0.05, 0) is 90.4 Å². The molecule has 1 N–H and O–H groups in total. The first-order valence-corrected chi connectivity index (χ1v) is 10.3. The van der Waals surface area contributed by atoms with E-state index in [4.69, 9.17) is 4.74 Å². The number of hydrogen-bond acceptors (Lipinski definition) is 3. The van der Waals surface area contributed by atoms with Crippen molar-refractivity contribution in [1.82, 2.24) is 4.90 Å². The number of hydrogen-bond donors (Lipinski definition) is 1. The molecule has 0 amide bonds. The van der Waals surface area contributed by atoms with Gasteiger partial charge in [0, 0.05) is 24.2 Å². The summed E-state index contributed by atoms with van der Waals surface area (Å²) in [6.07, 6.45) is 10.4. The van der Waals surface area contributed by atoms with Gasteiger partial charge in [-0.1, -0.05) is 6.42 Å². The third-order valence-electron chi connectivity index (χ3n) is 7.26. The number of piperidine rings is 1. The van der Waals surface area contributed by atoms with Gasteiger partial charge in [-0.2, -0.15) is 0 Å². The van der Waals surface area contributed by atoms with Gasteiger partial charge in [0.15, 0.2) is 0 Å². The normalized spacial score (nSPS) is 36.1. The fourth-order valence-electron chi connectivity index (χ4n) is 5.98. The van der Waals surface area contributed by atoms with Crippen LogP contribution in [0.3, 0.4) is 0 Å². The Morgan fingerprint density at radius 2 is 1.79 bits per heavy atom. The summed E-state index contributed by atoms with van der Waals surface area (Å²) >= 11 is 0. The van der Waals surface area contributed by atoms with Crippen LogP contribution in [-0.2, 0) is 4.74 Å². The van der Waals surface area contributed by atoms with E-state index in [1.54, 1.807) is 0 Å². The molecule has 0 radical (unpaired) electrons. The number of rotatable bonds is 7. The fourth-order valence-corrected chi connectivity index (χ4v) is 5.98. The second-order valence-corrected chi connectivity index (χ2v) is 10.0. The molecular formula is C21H39NO2. The van der Waals surface area contributed by atoms with Crippen molar-refractivity contribution >= 4 is 0 Å². The fraction of sp³-hybridized carbons (Fsp3) is 1.00. The third-order valence-corrected chi connectivity index (χ3v) is 7.26. The number of aliphatic hydroxyl groups excluding tert-OH is 1. The van der Waals surface area contributed by atoms with Crippen LogP contribution < -0.4 is 0 Å². The summed E-state index contributed by atoms with van der Waals surface area (Å²) in [5, 5.41) is 10.5. The highest BCUT2D eigenvalue weighted by Crippen LogP contribution is 2.49. The molecule has 140 valence electrons. The molecule has 3 rings (SSSR count). The first-order chi connectivity index (χ1) is 11.3. The highest BCUT2D eigenvalue weighted by Gasteiger charge is 2.42. The van der Waals surface area contributed by atoms with E-state index in [-0.39, 0.29) is 17.2 Å². The average Bonchev–Trinajstić information content (AvgIpc) is 3.10. The molecule has 3 heteroatoms. The zero-order chi connectivity index (χ0) is 17.4. The van der Waals surface area contributed by atoms with Crippen molar-refractivity contribution in [3.63, 3.8) is 0 Å². The molecule has 2 aliphatic carbocycles. The molecule has 0 spiro atoms. The zero-order valence-electron chi connectivity index (χ0n) is 16.4. The molecule has 0 unspecified atom stereocenters. The van der Waals surface area contributed by atoms with E-state index in [0.29, 0.717) is 6.61 Å². The minimum atomic E-state index is -0.373. The van der Waals surface area contributed by atoms with Crippen LogP contribution in [0.25, 0.3) is 0 Å². The van der Waals surface area contributed by atoms with Gasteiger partial charge in [-0.15, -0.1) is 0 Å². The maximum absolute atomic E-state index is 10.5. The van der Waals surface area contributed by atoms with Gasteiger partial charge in [0.1, 0.15) is 0 Å². The van der Waals surface area contributed by atoms with Crippen LogP contribution in [0.2, 0.25) is 0 Å². The van der Waals surface area contributed by atoms with Crippen molar-refractivity contribution in [2.45, 2.75) is 96.2 Å². The predicted molar refractivity (Wildman–Crippen MR) is 99.1 cm³/mol. The Labute approximate surface area is 149 Å². The van der Waals surface area contributed by atoms with Gasteiger partial charge in [0.2, 0.25) is 0 Å². The van der Waals surface area contributed by atoms with Crippen LogP contribution in [0.15, 0.2) is 0 Å². The Bertz CT molecular complexity index is 404. The molecule has 3 fully saturated rings. The second kappa shape index (κ2) is 7.25. The van der Waals surface area contributed by atoms with Crippen molar-refractivity contribution in [3.05, 3.63) is 0 Å². The number of likely N-dealkylation sites (tertiary alicyclic amines) is 1. The van der Waals surface area contributed by atoms with Crippen molar-refractivity contribution in [1.29, 1.82) is 0 Å². The maximum atomic E-state index is 10.5. The Kier molecular flexibility index (Phi) is 5.64. The monoisotopic (exact) mass is 337 g/mol. The summed E-state index contributed by atoms with van der Waals surface area (Å²) in [7, 11) is 0. The molecule has 1 saturated heterocycles. The summed E-state index contributed by atoms with van der Waals surface area (Å²) in [6.45, 7) is 11.3. The standard InChI is InChI=1S/C21H39NO2/c1-20(2)9-5-10-21(3,4)22(20)14-19(23)15-24-11-8-18-13-16-6-7-17(18)12-16/h16-19,23H,5-15H2,1-4H3/t16-,17-,18-,19+/m1/s1. The van der Waals surface area contributed by atoms with E-state index in [2.05, 4.69) is 32.6 Å². The van der Waals surface area contributed by atoms with E-state index in [1.807, 2.05) is 0 Å². The molecular weight excluding hydrogens is 298 g/mol. The lowest BCUT2D eigenvalue weighted by molar-refractivity contribution is -0.0706. The highest BCUT2D eigenvalue weighted by atomic mass is 16.5. The Morgan fingerprint density at radius 1 is 1.08 bits per heavy atom. The Balaban J connectivity index is 1.38. The first kappa shape index (κ1) is 18.7. The Hall–Kier alpha value is -0.120. The summed E-state index contributed by atoms with van der Waals surface area (Å²) in [6, 6.07) is 0. The molecule has 4 atom stereocenters. The van der Waals surface area contributed by atoms with Gasteiger partial charge in [-0.3, -0.25) is 4.90 Å². The molecule has 3 aliphatic rings. The van der Waals surface area contributed by atoms with Gasteiger partial charge >= 0.3 is 0 Å². The highest BCUT2D eigenvalue weighted by molar-refractivity contribution is 4.97. The summed E-state index contributed by atoms with van der Waals surface area (Å²) < 4.78 is 5.87. The SMILES string of the molecule is CC1(C)CCCC(C)(C)N1C[C@H](O)COCC[C@@H]1C[C@@H]2CC[C@@H]1C2. The van der Waals surface area contributed by atoms with E-state index in [0.717, 1.165) is 30.9 Å². The van der Waals surface area contributed by atoms with Gasteiger partial charge in [0.25, 0.3) is 0 Å². The van der Waals surface area contributed by atoms with Crippen LogP contribution in [0, 0.1) is 17.8 Å². The molecule has 2 bridgehead atoms. The molecule has 24 heavy (non-hydrogen) atoms. The molecule has 0 aromatic carbocycles. The van der Waals surface area contributed by atoms with E-state index < -0.39 is 0 Å². The van der Waals surface area contributed by atoms with Crippen molar-refractivity contribution in [2.75, 3.05) is 19.8 Å².